The van der Waals surface area contributed by atoms with Gasteiger partial charge in [0.25, 0.3) is 5.56 Å². The quantitative estimate of drug-likeness (QED) is 0.852. The second kappa shape index (κ2) is 7.80. The maximum atomic E-state index is 12.0. The van der Waals surface area contributed by atoms with Gasteiger partial charge < -0.3 is 9.88 Å². The van der Waals surface area contributed by atoms with E-state index in [1.54, 1.807) is 6.92 Å². The first-order valence-electron chi connectivity index (χ1n) is 8.80. The number of likely N-dealkylation sites (N-methyl/N-ethyl adjacent to an activating group) is 1. The van der Waals surface area contributed by atoms with Crippen molar-refractivity contribution in [2.75, 3.05) is 26.7 Å². The predicted octanol–water partition coefficient (Wildman–Crippen LogP) is 1.05. The Balaban J connectivity index is 1.54. The molecule has 134 valence electrons. The molecule has 0 radical (unpaired) electrons. The summed E-state index contributed by atoms with van der Waals surface area (Å²) in [5, 5.41) is 0. The van der Waals surface area contributed by atoms with Crippen molar-refractivity contribution in [2.45, 2.75) is 32.5 Å². The normalized spacial score (nSPS) is 18.1. The number of benzene rings is 1. The van der Waals surface area contributed by atoms with Crippen molar-refractivity contribution in [2.24, 2.45) is 0 Å². The molecule has 1 unspecified atom stereocenters. The number of aromatic nitrogens is 2. The molecule has 1 N–H and O–H groups in total. The zero-order chi connectivity index (χ0) is 17.8. The number of rotatable bonds is 6. The third-order valence-electron chi connectivity index (χ3n) is 4.95. The van der Waals surface area contributed by atoms with Gasteiger partial charge in [0, 0.05) is 50.5 Å². The Morgan fingerprint density at radius 1 is 1.24 bits per heavy atom. The molecule has 0 bridgehead atoms. The number of aromatic amines is 1. The van der Waals surface area contributed by atoms with E-state index in [4.69, 9.17) is 0 Å². The fourth-order valence-electron chi connectivity index (χ4n) is 3.44. The first-order valence-corrected chi connectivity index (χ1v) is 8.80. The van der Waals surface area contributed by atoms with Gasteiger partial charge in [-0.1, -0.05) is 30.3 Å². The maximum absolute atomic E-state index is 12.0. The standard InChI is InChI=1S/C19H26N4O2/c1-15-12-18(24)23(19(25)20-15)11-10-21(2)17-8-9-22(14-17)13-16-6-4-3-5-7-16/h3-7,12,17H,8-11,13-14H2,1-2H3,(H,20,25). The van der Waals surface area contributed by atoms with Crippen LogP contribution in [0.25, 0.3) is 0 Å². The molecule has 6 nitrogen and oxygen atoms in total. The van der Waals surface area contributed by atoms with Gasteiger partial charge in [0.15, 0.2) is 0 Å². The third-order valence-corrected chi connectivity index (χ3v) is 4.95. The SMILES string of the molecule is Cc1cc(=O)n(CCN(C)C2CCN(Cc3ccccc3)C2)c(=O)[nH]1. The average molecular weight is 342 g/mol. The maximum Gasteiger partial charge on any atom is 0.328 e. The molecule has 2 aromatic rings. The van der Waals surface area contributed by atoms with Crippen LogP contribution in [0.4, 0.5) is 0 Å². The zero-order valence-electron chi connectivity index (χ0n) is 14.9. The van der Waals surface area contributed by atoms with Crippen LogP contribution in [-0.4, -0.2) is 52.1 Å². The van der Waals surface area contributed by atoms with Crippen LogP contribution in [0.15, 0.2) is 46.0 Å². The minimum absolute atomic E-state index is 0.230. The second-order valence-corrected chi connectivity index (χ2v) is 6.89. The number of aryl methyl sites for hydroxylation is 1. The highest BCUT2D eigenvalue weighted by atomic mass is 16.2. The molecule has 0 saturated carbocycles. The summed E-state index contributed by atoms with van der Waals surface area (Å²) in [5.41, 5.74) is 1.39. The molecule has 0 amide bonds. The Morgan fingerprint density at radius 2 is 2.00 bits per heavy atom. The van der Waals surface area contributed by atoms with Gasteiger partial charge in [-0.3, -0.25) is 14.3 Å². The van der Waals surface area contributed by atoms with E-state index in [9.17, 15) is 9.59 Å². The lowest BCUT2D eigenvalue weighted by Gasteiger charge is -2.25. The third kappa shape index (κ3) is 4.46. The summed E-state index contributed by atoms with van der Waals surface area (Å²) in [6.07, 6.45) is 1.11. The van der Waals surface area contributed by atoms with Crippen LogP contribution >= 0.6 is 0 Å². The molecule has 1 atom stereocenters. The molecular weight excluding hydrogens is 316 g/mol. The molecular formula is C19H26N4O2. The molecule has 1 aliphatic rings. The Kier molecular flexibility index (Phi) is 5.50. The Hall–Kier alpha value is -2.18. The lowest BCUT2D eigenvalue weighted by Crippen LogP contribution is -2.41. The van der Waals surface area contributed by atoms with Crippen LogP contribution < -0.4 is 11.2 Å². The molecule has 0 aliphatic carbocycles. The van der Waals surface area contributed by atoms with Crippen LogP contribution in [0.5, 0.6) is 0 Å². The predicted molar refractivity (Wildman–Crippen MR) is 98.8 cm³/mol. The summed E-state index contributed by atoms with van der Waals surface area (Å²) in [7, 11) is 2.07. The fraction of sp³-hybridized carbons (Fsp3) is 0.474. The van der Waals surface area contributed by atoms with Gasteiger partial charge in [-0.05, 0) is 26.0 Å². The smallest absolute Gasteiger partial charge is 0.311 e. The molecule has 2 heterocycles. The van der Waals surface area contributed by atoms with Gasteiger partial charge in [0.05, 0.1) is 0 Å². The second-order valence-electron chi connectivity index (χ2n) is 6.89. The molecule has 1 aliphatic heterocycles. The molecule has 0 spiro atoms. The van der Waals surface area contributed by atoms with Gasteiger partial charge in [0.1, 0.15) is 0 Å². The van der Waals surface area contributed by atoms with Gasteiger partial charge in [-0.2, -0.15) is 0 Å². The van der Waals surface area contributed by atoms with E-state index < -0.39 is 0 Å². The summed E-state index contributed by atoms with van der Waals surface area (Å²) in [6, 6.07) is 12.4. The van der Waals surface area contributed by atoms with Crippen LogP contribution in [-0.2, 0) is 13.1 Å². The summed E-state index contributed by atoms with van der Waals surface area (Å²) < 4.78 is 1.28. The van der Waals surface area contributed by atoms with E-state index >= 15 is 0 Å². The molecule has 1 saturated heterocycles. The molecule has 6 heteroatoms. The van der Waals surface area contributed by atoms with Crippen LogP contribution in [0, 0.1) is 6.92 Å². The largest absolute Gasteiger partial charge is 0.328 e. The van der Waals surface area contributed by atoms with Gasteiger partial charge in [-0.25, -0.2) is 4.79 Å². The summed E-state index contributed by atoms with van der Waals surface area (Å²) in [6.45, 7) is 5.90. The monoisotopic (exact) mass is 342 g/mol. The lowest BCUT2D eigenvalue weighted by atomic mass is 10.2. The van der Waals surface area contributed by atoms with Crippen molar-refractivity contribution >= 4 is 0 Å². The van der Waals surface area contributed by atoms with Crippen molar-refractivity contribution < 1.29 is 0 Å². The lowest BCUT2D eigenvalue weighted by molar-refractivity contribution is 0.221. The summed E-state index contributed by atoms with van der Waals surface area (Å²) in [5.74, 6) is 0. The van der Waals surface area contributed by atoms with Crippen LogP contribution in [0.2, 0.25) is 0 Å². The first-order chi connectivity index (χ1) is 12.0. The number of H-pyrrole nitrogens is 1. The molecule has 3 rings (SSSR count). The number of likely N-dealkylation sites (tertiary alicyclic amines) is 1. The molecule has 1 aromatic carbocycles. The number of nitrogens with zero attached hydrogens (tertiary/aromatic N) is 3. The van der Waals surface area contributed by atoms with Crippen LogP contribution in [0.3, 0.4) is 0 Å². The van der Waals surface area contributed by atoms with E-state index in [2.05, 4.69) is 46.1 Å². The number of hydrogen-bond donors (Lipinski definition) is 1. The first kappa shape index (κ1) is 17.6. The van der Waals surface area contributed by atoms with Crippen molar-refractivity contribution in [3.63, 3.8) is 0 Å². The van der Waals surface area contributed by atoms with E-state index in [0.717, 1.165) is 26.1 Å². The summed E-state index contributed by atoms with van der Waals surface area (Å²) >= 11 is 0. The Labute approximate surface area is 147 Å². The minimum atomic E-state index is -0.324. The average Bonchev–Trinajstić information content (AvgIpc) is 3.03. The molecule has 25 heavy (non-hydrogen) atoms. The van der Waals surface area contributed by atoms with E-state index in [0.29, 0.717) is 24.8 Å². The molecule has 1 aromatic heterocycles. The Morgan fingerprint density at radius 3 is 2.72 bits per heavy atom. The van der Waals surface area contributed by atoms with Gasteiger partial charge in [-0.15, -0.1) is 0 Å². The summed E-state index contributed by atoms with van der Waals surface area (Å²) in [4.78, 5) is 31.3. The number of nitrogens with one attached hydrogen (secondary N) is 1. The topological polar surface area (TPSA) is 61.3 Å². The Bertz CT molecular complexity index is 781. The van der Waals surface area contributed by atoms with E-state index in [1.807, 2.05) is 6.07 Å². The highest BCUT2D eigenvalue weighted by molar-refractivity contribution is 5.14. The van der Waals surface area contributed by atoms with Gasteiger partial charge >= 0.3 is 5.69 Å². The van der Waals surface area contributed by atoms with E-state index in [1.165, 1.54) is 16.2 Å². The highest BCUT2D eigenvalue weighted by Crippen LogP contribution is 2.17. The highest BCUT2D eigenvalue weighted by Gasteiger charge is 2.25. The minimum Gasteiger partial charge on any atom is -0.311 e. The van der Waals surface area contributed by atoms with Crippen molar-refractivity contribution in [3.05, 3.63) is 68.5 Å². The van der Waals surface area contributed by atoms with Crippen molar-refractivity contribution in [1.29, 1.82) is 0 Å². The van der Waals surface area contributed by atoms with E-state index in [-0.39, 0.29) is 11.2 Å². The number of hydrogen-bond acceptors (Lipinski definition) is 4. The van der Waals surface area contributed by atoms with Gasteiger partial charge in [0.2, 0.25) is 0 Å². The van der Waals surface area contributed by atoms with Crippen LogP contribution in [0.1, 0.15) is 17.7 Å². The van der Waals surface area contributed by atoms with Crippen molar-refractivity contribution in [1.82, 2.24) is 19.4 Å². The zero-order valence-corrected chi connectivity index (χ0v) is 14.9. The fourth-order valence-corrected chi connectivity index (χ4v) is 3.44. The van der Waals surface area contributed by atoms with Crippen molar-refractivity contribution in [3.8, 4) is 0 Å². The molecule has 1 fully saturated rings.